The van der Waals surface area contributed by atoms with Crippen molar-refractivity contribution in [3.63, 3.8) is 0 Å². The molecule has 0 radical (unpaired) electrons. The molecule has 3 rings (SSSR count). The molecule has 1 aliphatic rings. The first kappa shape index (κ1) is 25.8. The molecule has 0 saturated carbocycles. The fourth-order valence-electron chi connectivity index (χ4n) is 4.50. The highest BCUT2D eigenvalue weighted by Gasteiger charge is 2.25. The van der Waals surface area contributed by atoms with E-state index < -0.39 is 0 Å². The standard InChI is InChI=1S/C27H39N5O2/c1-20(2)15-26(33)32-12-8-11-30(17-21(3)4)13-14-31(18-23-9-6-7-10-25(23)32)27(34)24-16-28-19-29-22(24)5/h6-7,9-10,16,19-21H,8,11-15,17-18H2,1-5H3. The second-order valence-corrected chi connectivity index (χ2v) is 10.1. The molecule has 1 aromatic heterocycles. The van der Waals surface area contributed by atoms with Crippen molar-refractivity contribution in [3.8, 4) is 0 Å². The molecular weight excluding hydrogens is 426 g/mol. The highest BCUT2D eigenvalue weighted by Crippen LogP contribution is 2.26. The van der Waals surface area contributed by atoms with Crippen molar-refractivity contribution in [2.24, 2.45) is 11.8 Å². The van der Waals surface area contributed by atoms with E-state index in [2.05, 4.69) is 42.6 Å². The lowest BCUT2D eigenvalue weighted by Gasteiger charge is -2.29. The Morgan fingerprint density at radius 1 is 1.00 bits per heavy atom. The SMILES string of the molecule is Cc1ncncc1C(=O)N1CCN(CC(C)C)CCCN(C(=O)CC(C)C)c2ccccc2C1. The Labute approximate surface area is 204 Å². The zero-order valence-corrected chi connectivity index (χ0v) is 21.3. The van der Waals surface area contributed by atoms with Gasteiger partial charge in [0.15, 0.2) is 0 Å². The van der Waals surface area contributed by atoms with Gasteiger partial charge in [0, 0.05) is 51.0 Å². The van der Waals surface area contributed by atoms with Crippen molar-refractivity contribution < 1.29 is 9.59 Å². The van der Waals surface area contributed by atoms with Crippen LogP contribution in [0.5, 0.6) is 0 Å². The Morgan fingerprint density at radius 2 is 1.76 bits per heavy atom. The van der Waals surface area contributed by atoms with E-state index in [4.69, 9.17) is 0 Å². The Balaban J connectivity index is 1.99. The summed E-state index contributed by atoms with van der Waals surface area (Å²) in [4.78, 5) is 41.4. The van der Waals surface area contributed by atoms with E-state index in [-0.39, 0.29) is 17.7 Å². The summed E-state index contributed by atoms with van der Waals surface area (Å²) in [5.41, 5.74) is 3.09. The van der Waals surface area contributed by atoms with Gasteiger partial charge >= 0.3 is 0 Å². The molecule has 2 aromatic rings. The van der Waals surface area contributed by atoms with E-state index in [0.29, 0.717) is 43.2 Å². The van der Waals surface area contributed by atoms with Crippen LogP contribution in [0.15, 0.2) is 36.8 Å². The summed E-state index contributed by atoms with van der Waals surface area (Å²) in [5, 5.41) is 0. The zero-order valence-electron chi connectivity index (χ0n) is 21.3. The molecule has 1 aliphatic heterocycles. The van der Waals surface area contributed by atoms with Gasteiger partial charge in [-0.2, -0.15) is 0 Å². The predicted molar refractivity (Wildman–Crippen MR) is 136 cm³/mol. The molecular formula is C27H39N5O2. The highest BCUT2D eigenvalue weighted by molar-refractivity contribution is 5.96. The molecule has 0 N–H and O–H groups in total. The number of benzene rings is 1. The zero-order chi connectivity index (χ0) is 24.7. The Morgan fingerprint density at radius 3 is 2.47 bits per heavy atom. The lowest BCUT2D eigenvalue weighted by Crippen LogP contribution is -2.40. The third-order valence-electron chi connectivity index (χ3n) is 6.12. The van der Waals surface area contributed by atoms with Crippen LogP contribution >= 0.6 is 0 Å². The number of aromatic nitrogens is 2. The van der Waals surface area contributed by atoms with E-state index in [1.165, 1.54) is 6.33 Å². The van der Waals surface area contributed by atoms with Crippen LogP contribution in [0.25, 0.3) is 0 Å². The number of fused-ring (bicyclic) bond motifs is 1. The van der Waals surface area contributed by atoms with E-state index >= 15 is 0 Å². The number of rotatable bonds is 5. The lowest BCUT2D eigenvalue weighted by atomic mass is 10.1. The second kappa shape index (κ2) is 12.1. The van der Waals surface area contributed by atoms with Crippen molar-refractivity contribution >= 4 is 17.5 Å². The Hall–Kier alpha value is -2.80. The van der Waals surface area contributed by atoms with Gasteiger partial charge in [0.1, 0.15) is 6.33 Å². The van der Waals surface area contributed by atoms with E-state index in [1.807, 2.05) is 41.0 Å². The summed E-state index contributed by atoms with van der Waals surface area (Å²) >= 11 is 0. The van der Waals surface area contributed by atoms with Gasteiger partial charge in [0.05, 0.1) is 11.3 Å². The number of anilines is 1. The number of aryl methyl sites for hydroxylation is 1. The maximum absolute atomic E-state index is 13.6. The van der Waals surface area contributed by atoms with Gasteiger partial charge in [0.25, 0.3) is 5.91 Å². The number of hydrogen-bond donors (Lipinski definition) is 0. The summed E-state index contributed by atoms with van der Waals surface area (Å²) in [7, 11) is 0. The van der Waals surface area contributed by atoms with Gasteiger partial charge in [-0.25, -0.2) is 9.97 Å². The van der Waals surface area contributed by atoms with Gasteiger partial charge in [-0.3, -0.25) is 9.59 Å². The van der Waals surface area contributed by atoms with Crippen LogP contribution in [0.1, 0.15) is 62.2 Å². The van der Waals surface area contributed by atoms with Crippen LogP contribution in [-0.2, 0) is 11.3 Å². The summed E-state index contributed by atoms with van der Waals surface area (Å²) in [6, 6.07) is 8.00. The van der Waals surface area contributed by atoms with Crippen LogP contribution in [0.4, 0.5) is 5.69 Å². The molecule has 184 valence electrons. The smallest absolute Gasteiger partial charge is 0.257 e. The first-order chi connectivity index (χ1) is 16.3. The molecule has 7 nitrogen and oxygen atoms in total. The van der Waals surface area contributed by atoms with Crippen molar-refractivity contribution in [2.45, 2.75) is 54.0 Å². The first-order valence-electron chi connectivity index (χ1n) is 12.4. The molecule has 0 spiro atoms. The minimum absolute atomic E-state index is 0.0725. The lowest BCUT2D eigenvalue weighted by molar-refractivity contribution is -0.119. The van der Waals surface area contributed by atoms with Crippen LogP contribution < -0.4 is 4.90 Å². The monoisotopic (exact) mass is 465 g/mol. The predicted octanol–water partition coefficient (Wildman–Crippen LogP) is 4.17. The fourth-order valence-corrected chi connectivity index (χ4v) is 4.50. The Kier molecular flexibility index (Phi) is 9.16. The number of para-hydroxylation sites is 1. The molecule has 34 heavy (non-hydrogen) atoms. The van der Waals surface area contributed by atoms with Crippen molar-refractivity contribution in [1.82, 2.24) is 19.8 Å². The molecule has 0 saturated heterocycles. The van der Waals surface area contributed by atoms with Crippen LogP contribution in [0, 0.1) is 18.8 Å². The molecule has 7 heteroatoms. The average Bonchev–Trinajstić information content (AvgIpc) is 2.81. The molecule has 0 atom stereocenters. The molecule has 0 fully saturated rings. The van der Waals surface area contributed by atoms with Crippen LogP contribution in [0.2, 0.25) is 0 Å². The van der Waals surface area contributed by atoms with Gasteiger partial charge in [-0.1, -0.05) is 45.9 Å². The maximum atomic E-state index is 13.6. The topological polar surface area (TPSA) is 69.6 Å². The van der Waals surface area contributed by atoms with E-state index in [1.54, 1.807) is 6.20 Å². The quantitative estimate of drug-likeness (QED) is 0.663. The Bertz CT molecular complexity index is 975. The molecule has 0 aliphatic carbocycles. The van der Waals surface area contributed by atoms with E-state index in [9.17, 15) is 9.59 Å². The first-order valence-corrected chi connectivity index (χ1v) is 12.4. The second-order valence-electron chi connectivity index (χ2n) is 10.1. The van der Waals surface area contributed by atoms with Crippen molar-refractivity contribution in [3.05, 3.63) is 53.6 Å². The molecule has 0 bridgehead atoms. The maximum Gasteiger partial charge on any atom is 0.257 e. The minimum Gasteiger partial charge on any atom is -0.333 e. The van der Waals surface area contributed by atoms with Crippen molar-refractivity contribution in [1.29, 1.82) is 0 Å². The van der Waals surface area contributed by atoms with Gasteiger partial charge in [0.2, 0.25) is 5.91 Å². The highest BCUT2D eigenvalue weighted by atomic mass is 16.2. The third kappa shape index (κ3) is 6.86. The largest absolute Gasteiger partial charge is 0.333 e. The molecule has 1 aromatic carbocycles. The van der Waals surface area contributed by atoms with Crippen LogP contribution in [-0.4, -0.2) is 64.3 Å². The van der Waals surface area contributed by atoms with Gasteiger partial charge in [-0.05, 0) is 43.4 Å². The number of hydrogen-bond acceptors (Lipinski definition) is 5. The summed E-state index contributed by atoms with van der Waals surface area (Å²) in [5.74, 6) is 0.878. The van der Waals surface area contributed by atoms with E-state index in [0.717, 1.165) is 37.3 Å². The third-order valence-corrected chi connectivity index (χ3v) is 6.12. The number of carbonyl (C=O) groups excluding carboxylic acids is 2. The fraction of sp³-hybridized carbons (Fsp3) is 0.556. The van der Waals surface area contributed by atoms with Gasteiger partial charge < -0.3 is 14.7 Å². The van der Waals surface area contributed by atoms with Crippen molar-refractivity contribution in [2.75, 3.05) is 37.6 Å². The normalized spacial score (nSPS) is 15.9. The number of nitrogens with zero attached hydrogens (tertiary/aromatic N) is 5. The summed E-state index contributed by atoms with van der Waals surface area (Å²) < 4.78 is 0. The number of carbonyl (C=O) groups is 2. The van der Waals surface area contributed by atoms with Crippen LogP contribution in [0.3, 0.4) is 0 Å². The summed E-state index contributed by atoms with van der Waals surface area (Å²) in [6.07, 6.45) is 4.47. The molecule has 0 unspecified atom stereocenters. The van der Waals surface area contributed by atoms with Gasteiger partial charge in [-0.15, -0.1) is 0 Å². The average molecular weight is 466 g/mol. The summed E-state index contributed by atoms with van der Waals surface area (Å²) in [6.45, 7) is 14.8. The number of amides is 2. The molecule has 2 amide bonds. The molecule has 2 heterocycles. The minimum atomic E-state index is -0.0725.